The summed E-state index contributed by atoms with van der Waals surface area (Å²) in [5, 5.41) is 12.2. The van der Waals surface area contributed by atoms with Crippen molar-refractivity contribution in [3.63, 3.8) is 0 Å². The number of hydrogen-bond acceptors (Lipinski definition) is 5. The lowest BCUT2D eigenvalue weighted by molar-refractivity contribution is -0.116. The summed E-state index contributed by atoms with van der Waals surface area (Å²) < 4.78 is 5.00. The lowest BCUT2D eigenvalue weighted by Crippen LogP contribution is -2.16. The molecule has 19 heavy (non-hydrogen) atoms. The molecule has 0 saturated carbocycles. The number of aromatic hydroxyl groups is 1. The molecule has 0 heterocycles. The van der Waals surface area contributed by atoms with E-state index in [9.17, 15) is 14.7 Å². The average molecular weight is 266 g/mol. The van der Waals surface area contributed by atoms with Crippen LogP contribution in [0.3, 0.4) is 0 Å². The third-order valence-corrected chi connectivity index (χ3v) is 2.22. The molecule has 6 nitrogen and oxygen atoms in total. The second kappa shape index (κ2) is 6.75. The molecule has 0 unspecified atom stereocenters. The smallest absolute Gasteiger partial charge is 0.338 e. The van der Waals surface area contributed by atoms with Crippen molar-refractivity contribution in [3.8, 4) is 5.75 Å². The molecule has 1 amide bonds. The van der Waals surface area contributed by atoms with E-state index < -0.39 is 5.97 Å². The summed E-state index contributed by atoms with van der Waals surface area (Å²) in [6, 6.07) is 4.17. The zero-order valence-electron chi connectivity index (χ0n) is 11.0. The third-order valence-electron chi connectivity index (χ3n) is 2.22. The Morgan fingerprint density at radius 1 is 1.42 bits per heavy atom. The van der Waals surface area contributed by atoms with Gasteiger partial charge < -0.3 is 20.9 Å². The number of phenols is 1. The number of hydrogen-bond donors (Lipinski definition) is 3. The molecule has 1 aromatic rings. The van der Waals surface area contributed by atoms with Gasteiger partial charge in [-0.05, 0) is 32.0 Å². The largest absolute Gasteiger partial charge is 0.506 e. The normalized spacial score (nSPS) is 10.3. The minimum Gasteiger partial charge on any atom is -0.506 e. The summed E-state index contributed by atoms with van der Waals surface area (Å²) in [5.41, 5.74) is 5.71. The molecule has 0 spiro atoms. The second-order valence-electron chi connectivity index (χ2n) is 4.27. The van der Waals surface area contributed by atoms with Crippen LogP contribution < -0.4 is 11.1 Å². The molecule has 0 bridgehead atoms. The predicted molar refractivity (Wildman–Crippen MR) is 71.0 cm³/mol. The lowest BCUT2D eigenvalue weighted by Gasteiger charge is -2.10. The summed E-state index contributed by atoms with van der Waals surface area (Å²) in [5.74, 6) is -1.01. The van der Waals surface area contributed by atoms with Gasteiger partial charge in [-0.15, -0.1) is 0 Å². The highest BCUT2D eigenvalue weighted by Crippen LogP contribution is 2.24. The van der Waals surface area contributed by atoms with Crippen LogP contribution in [0.2, 0.25) is 0 Å². The van der Waals surface area contributed by atoms with Gasteiger partial charge in [-0.25, -0.2) is 4.79 Å². The Labute approximate surface area is 111 Å². The van der Waals surface area contributed by atoms with Crippen LogP contribution >= 0.6 is 0 Å². The highest BCUT2D eigenvalue weighted by molar-refractivity contribution is 5.95. The van der Waals surface area contributed by atoms with Crippen LogP contribution in [-0.2, 0) is 9.53 Å². The first kappa shape index (κ1) is 15.0. The van der Waals surface area contributed by atoms with E-state index in [4.69, 9.17) is 10.5 Å². The molecule has 6 heteroatoms. The number of benzene rings is 1. The van der Waals surface area contributed by atoms with E-state index in [0.717, 1.165) is 0 Å². The molecule has 104 valence electrons. The van der Waals surface area contributed by atoms with Crippen LogP contribution in [0.5, 0.6) is 5.75 Å². The number of amides is 1. The van der Waals surface area contributed by atoms with E-state index in [1.807, 2.05) is 0 Å². The Balaban J connectivity index is 2.79. The van der Waals surface area contributed by atoms with Crippen LogP contribution in [0.25, 0.3) is 0 Å². The molecule has 4 N–H and O–H groups in total. The Hall–Kier alpha value is -2.08. The van der Waals surface area contributed by atoms with E-state index in [-0.39, 0.29) is 42.0 Å². The highest BCUT2D eigenvalue weighted by atomic mass is 16.5. The van der Waals surface area contributed by atoms with Gasteiger partial charge in [0.2, 0.25) is 5.91 Å². The number of phenolic OH excluding ortho intramolecular Hbond substituents is 1. The number of nitrogens with two attached hydrogens (primary N) is 1. The van der Waals surface area contributed by atoms with Gasteiger partial charge in [0.15, 0.2) is 0 Å². The standard InChI is InChI=1S/C13H18N2O4/c1-8(2)19-13(18)9-3-4-10(11(16)7-9)15-12(17)5-6-14/h3-4,7-8,16H,5-6,14H2,1-2H3,(H,15,17). The molecule has 0 saturated heterocycles. The van der Waals surface area contributed by atoms with Gasteiger partial charge >= 0.3 is 5.97 Å². The number of carbonyl (C=O) groups is 2. The number of nitrogens with one attached hydrogen (secondary N) is 1. The summed E-state index contributed by atoms with van der Waals surface area (Å²) in [6.07, 6.45) is -0.0742. The first-order valence-electron chi connectivity index (χ1n) is 5.98. The Kier molecular flexibility index (Phi) is 5.32. The molecular weight excluding hydrogens is 248 g/mol. The van der Waals surface area contributed by atoms with Crippen molar-refractivity contribution >= 4 is 17.6 Å². The van der Waals surface area contributed by atoms with Crippen LogP contribution in [0, 0.1) is 0 Å². The maximum atomic E-state index is 11.6. The number of anilines is 1. The first-order chi connectivity index (χ1) is 8.93. The Morgan fingerprint density at radius 3 is 2.63 bits per heavy atom. The molecule has 0 aliphatic rings. The van der Waals surface area contributed by atoms with Gasteiger partial charge in [0.25, 0.3) is 0 Å². The van der Waals surface area contributed by atoms with Gasteiger partial charge in [-0.2, -0.15) is 0 Å². The topological polar surface area (TPSA) is 102 Å². The zero-order chi connectivity index (χ0) is 14.4. The van der Waals surface area contributed by atoms with Crippen molar-refractivity contribution in [1.82, 2.24) is 0 Å². The monoisotopic (exact) mass is 266 g/mol. The van der Waals surface area contributed by atoms with E-state index in [1.165, 1.54) is 18.2 Å². The molecule has 1 aromatic carbocycles. The molecule has 0 aromatic heterocycles. The van der Waals surface area contributed by atoms with E-state index in [1.54, 1.807) is 13.8 Å². The van der Waals surface area contributed by atoms with Crippen LogP contribution in [0.1, 0.15) is 30.6 Å². The average Bonchev–Trinajstić information content (AvgIpc) is 2.31. The quantitative estimate of drug-likeness (QED) is 0.550. The van der Waals surface area contributed by atoms with Crippen molar-refractivity contribution in [3.05, 3.63) is 23.8 Å². The van der Waals surface area contributed by atoms with Gasteiger partial charge in [0.05, 0.1) is 17.4 Å². The maximum absolute atomic E-state index is 11.6. The van der Waals surface area contributed by atoms with Crippen molar-refractivity contribution in [1.29, 1.82) is 0 Å². The number of ether oxygens (including phenoxy) is 1. The Morgan fingerprint density at radius 2 is 2.11 bits per heavy atom. The summed E-state index contributed by atoms with van der Waals surface area (Å²) in [6.45, 7) is 3.70. The van der Waals surface area contributed by atoms with Crippen LogP contribution in [-0.4, -0.2) is 29.6 Å². The van der Waals surface area contributed by atoms with Crippen molar-refractivity contribution in [2.24, 2.45) is 5.73 Å². The third kappa shape index (κ3) is 4.59. The summed E-state index contributed by atoms with van der Waals surface area (Å²) in [4.78, 5) is 22.9. The van der Waals surface area contributed by atoms with Crippen molar-refractivity contribution in [2.45, 2.75) is 26.4 Å². The van der Waals surface area contributed by atoms with Crippen molar-refractivity contribution in [2.75, 3.05) is 11.9 Å². The SMILES string of the molecule is CC(C)OC(=O)c1ccc(NC(=O)CCN)c(O)c1. The molecule has 0 aliphatic heterocycles. The van der Waals surface area contributed by atoms with Crippen molar-refractivity contribution < 1.29 is 19.4 Å². The molecule has 1 rings (SSSR count). The molecule has 0 fully saturated rings. The van der Waals surface area contributed by atoms with E-state index in [2.05, 4.69) is 5.32 Å². The summed E-state index contributed by atoms with van der Waals surface area (Å²) in [7, 11) is 0. The minimum atomic E-state index is -0.523. The number of rotatable bonds is 5. The predicted octanol–water partition coefficient (Wildman–Crippen LogP) is 1.24. The van der Waals surface area contributed by atoms with Gasteiger partial charge in [-0.3, -0.25) is 4.79 Å². The Bertz CT molecular complexity index is 472. The van der Waals surface area contributed by atoms with E-state index in [0.29, 0.717) is 0 Å². The molecule has 0 aliphatic carbocycles. The van der Waals surface area contributed by atoms with Gasteiger partial charge in [0, 0.05) is 13.0 Å². The zero-order valence-corrected chi connectivity index (χ0v) is 11.0. The summed E-state index contributed by atoms with van der Waals surface area (Å²) >= 11 is 0. The van der Waals surface area contributed by atoms with E-state index >= 15 is 0 Å². The molecular formula is C13H18N2O4. The fraction of sp³-hybridized carbons (Fsp3) is 0.385. The highest BCUT2D eigenvalue weighted by Gasteiger charge is 2.13. The number of carbonyl (C=O) groups excluding carboxylic acids is 2. The second-order valence-corrected chi connectivity index (χ2v) is 4.27. The minimum absolute atomic E-state index is 0.163. The lowest BCUT2D eigenvalue weighted by atomic mass is 10.2. The molecule has 0 radical (unpaired) electrons. The molecule has 0 atom stereocenters. The fourth-order valence-electron chi connectivity index (χ4n) is 1.39. The van der Waals surface area contributed by atoms with Crippen LogP contribution in [0.15, 0.2) is 18.2 Å². The van der Waals surface area contributed by atoms with Crippen LogP contribution in [0.4, 0.5) is 5.69 Å². The fourth-order valence-corrected chi connectivity index (χ4v) is 1.39. The maximum Gasteiger partial charge on any atom is 0.338 e. The number of esters is 1. The van der Waals surface area contributed by atoms with Gasteiger partial charge in [0.1, 0.15) is 5.75 Å². The first-order valence-corrected chi connectivity index (χ1v) is 5.98. The van der Waals surface area contributed by atoms with Gasteiger partial charge in [-0.1, -0.05) is 0 Å².